The van der Waals surface area contributed by atoms with E-state index in [0.717, 1.165) is 11.9 Å². The van der Waals surface area contributed by atoms with Crippen LogP contribution in [0.3, 0.4) is 0 Å². The molecule has 1 aromatic heterocycles. The Hall–Kier alpha value is -1.35. The highest BCUT2D eigenvalue weighted by Gasteiger charge is 2.11. The van der Waals surface area contributed by atoms with Crippen molar-refractivity contribution >= 4 is 10.9 Å². The largest absolute Gasteiger partial charge is 0.330 e. The van der Waals surface area contributed by atoms with E-state index in [4.69, 9.17) is 5.73 Å². The highest BCUT2D eigenvalue weighted by molar-refractivity contribution is 5.85. The minimum Gasteiger partial charge on any atom is -0.330 e. The number of aromatic amines is 1. The molecule has 0 amide bonds. The van der Waals surface area contributed by atoms with Crippen molar-refractivity contribution in [3.05, 3.63) is 29.5 Å². The van der Waals surface area contributed by atoms with Gasteiger partial charge in [0.05, 0.1) is 5.52 Å². The number of aromatic nitrogens is 2. The lowest BCUT2D eigenvalue weighted by molar-refractivity contribution is 0.816. The van der Waals surface area contributed by atoms with Crippen LogP contribution in [0.2, 0.25) is 0 Å². The van der Waals surface area contributed by atoms with Gasteiger partial charge in [-0.3, -0.25) is 5.10 Å². The summed E-state index contributed by atoms with van der Waals surface area (Å²) in [5, 5.41) is 8.70. The van der Waals surface area contributed by atoms with Crippen LogP contribution in [0.5, 0.6) is 0 Å². The fourth-order valence-electron chi connectivity index (χ4n) is 1.95. The summed E-state index contributed by atoms with van der Waals surface area (Å²) in [7, 11) is 0. The van der Waals surface area contributed by atoms with Crippen LogP contribution in [0.25, 0.3) is 10.9 Å². The molecule has 0 saturated heterocycles. The zero-order valence-electron chi connectivity index (χ0n) is 9.25. The molecule has 0 bridgehead atoms. The predicted octanol–water partition coefficient (Wildman–Crippen LogP) is 2.19. The number of hydrogen-bond acceptors (Lipinski definition) is 2. The lowest BCUT2D eigenvalue weighted by Crippen LogP contribution is -2.03. The van der Waals surface area contributed by atoms with Gasteiger partial charge < -0.3 is 5.73 Å². The van der Waals surface area contributed by atoms with Crippen molar-refractivity contribution in [1.82, 2.24) is 10.2 Å². The van der Waals surface area contributed by atoms with Crippen molar-refractivity contribution in [1.29, 1.82) is 0 Å². The van der Waals surface area contributed by atoms with Crippen LogP contribution in [-0.2, 0) is 6.42 Å². The number of hydrogen-bond donors (Lipinski definition) is 2. The van der Waals surface area contributed by atoms with Crippen LogP contribution >= 0.6 is 0 Å². The molecule has 0 aliphatic carbocycles. The van der Waals surface area contributed by atoms with Gasteiger partial charge in [0.2, 0.25) is 0 Å². The fraction of sp³-hybridized carbons (Fsp3) is 0.417. The number of nitrogens with zero attached hydrogens (tertiary/aromatic N) is 1. The molecule has 0 atom stereocenters. The van der Waals surface area contributed by atoms with Gasteiger partial charge in [0.15, 0.2) is 0 Å². The molecule has 15 heavy (non-hydrogen) atoms. The molecule has 0 unspecified atom stereocenters. The van der Waals surface area contributed by atoms with Gasteiger partial charge in [0.1, 0.15) is 0 Å². The molecule has 2 rings (SSSR count). The summed E-state index contributed by atoms with van der Waals surface area (Å²) in [6.07, 6.45) is 0.913. The third-order valence-electron chi connectivity index (χ3n) is 2.69. The molecule has 0 saturated carbocycles. The first-order chi connectivity index (χ1) is 7.24. The Labute approximate surface area is 89.7 Å². The Morgan fingerprint density at radius 2 is 2.20 bits per heavy atom. The van der Waals surface area contributed by atoms with E-state index >= 15 is 0 Å². The second-order valence-corrected chi connectivity index (χ2v) is 4.14. The molecule has 1 heterocycles. The van der Waals surface area contributed by atoms with Gasteiger partial charge in [-0.2, -0.15) is 5.10 Å². The molecule has 3 heteroatoms. The Morgan fingerprint density at radius 3 is 2.87 bits per heavy atom. The third kappa shape index (κ3) is 1.75. The first-order valence-corrected chi connectivity index (χ1v) is 5.40. The van der Waals surface area contributed by atoms with E-state index in [9.17, 15) is 0 Å². The number of nitrogens with two attached hydrogens (primary N) is 1. The van der Waals surface area contributed by atoms with Gasteiger partial charge in [0, 0.05) is 11.1 Å². The predicted molar refractivity (Wildman–Crippen MR) is 62.9 cm³/mol. The number of nitrogens with one attached hydrogen (secondary N) is 1. The first-order valence-electron chi connectivity index (χ1n) is 5.40. The summed E-state index contributed by atoms with van der Waals surface area (Å²) >= 11 is 0. The average Bonchev–Trinajstić information content (AvgIpc) is 2.62. The number of H-pyrrole nitrogens is 1. The van der Waals surface area contributed by atoms with Gasteiger partial charge in [-0.15, -0.1) is 0 Å². The summed E-state index contributed by atoms with van der Waals surface area (Å²) in [5.74, 6) is 0.467. The van der Waals surface area contributed by atoms with Gasteiger partial charge in [-0.25, -0.2) is 0 Å². The molecule has 80 valence electrons. The van der Waals surface area contributed by atoms with Crippen LogP contribution in [0.15, 0.2) is 18.2 Å². The highest BCUT2D eigenvalue weighted by atomic mass is 15.1. The van der Waals surface area contributed by atoms with Crippen molar-refractivity contribution in [2.24, 2.45) is 5.73 Å². The SMILES string of the molecule is CC(C)c1[nH]nc2cccc(CCN)c12. The molecule has 3 N–H and O–H groups in total. The summed E-state index contributed by atoms with van der Waals surface area (Å²) in [6, 6.07) is 6.21. The van der Waals surface area contributed by atoms with E-state index in [1.54, 1.807) is 0 Å². The van der Waals surface area contributed by atoms with E-state index in [2.05, 4.69) is 30.1 Å². The van der Waals surface area contributed by atoms with Gasteiger partial charge in [-0.05, 0) is 30.5 Å². The number of fused-ring (bicyclic) bond motifs is 1. The van der Waals surface area contributed by atoms with Crippen LogP contribution < -0.4 is 5.73 Å². The molecule has 0 aliphatic heterocycles. The highest BCUT2D eigenvalue weighted by Crippen LogP contribution is 2.26. The zero-order chi connectivity index (χ0) is 10.8. The lowest BCUT2D eigenvalue weighted by atomic mass is 10.00. The molecule has 0 fully saturated rings. The van der Waals surface area contributed by atoms with E-state index in [1.807, 2.05) is 12.1 Å². The van der Waals surface area contributed by atoms with E-state index in [-0.39, 0.29) is 0 Å². The molecule has 0 radical (unpaired) electrons. The molecule has 3 nitrogen and oxygen atoms in total. The minimum absolute atomic E-state index is 0.467. The van der Waals surface area contributed by atoms with Gasteiger partial charge >= 0.3 is 0 Å². The van der Waals surface area contributed by atoms with E-state index in [1.165, 1.54) is 16.6 Å². The van der Waals surface area contributed by atoms with Crippen LogP contribution in [0.1, 0.15) is 31.0 Å². The molecule has 0 spiro atoms. The fourth-order valence-corrected chi connectivity index (χ4v) is 1.95. The van der Waals surface area contributed by atoms with Crippen molar-refractivity contribution in [3.63, 3.8) is 0 Å². The van der Waals surface area contributed by atoms with Crippen LogP contribution in [0, 0.1) is 0 Å². The second-order valence-electron chi connectivity index (χ2n) is 4.14. The Kier molecular flexibility index (Phi) is 2.73. The summed E-state index contributed by atoms with van der Waals surface area (Å²) in [4.78, 5) is 0. The topological polar surface area (TPSA) is 54.7 Å². The number of benzene rings is 1. The van der Waals surface area contributed by atoms with Crippen molar-refractivity contribution < 1.29 is 0 Å². The maximum Gasteiger partial charge on any atom is 0.0926 e. The monoisotopic (exact) mass is 203 g/mol. The number of rotatable bonds is 3. The quantitative estimate of drug-likeness (QED) is 0.803. The molecular weight excluding hydrogens is 186 g/mol. The van der Waals surface area contributed by atoms with Crippen LogP contribution in [-0.4, -0.2) is 16.7 Å². The normalized spacial score (nSPS) is 11.5. The Morgan fingerprint density at radius 1 is 1.40 bits per heavy atom. The maximum atomic E-state index is 5.62. The lowest BCUT2D eigenvalue weighted by Gasteiger charge is -2.06. The third-order valence-corrected chi connectivity index (χ3v) is 2.69. The van der Waals surface area contributed by atoms with Gasteiger partial charge in [-0.1, -0.05) is 26.0 Å². The van der Waals surface area contributed by atoms with Crippen LogP contribution in [0.4, 0.5) is 0 Å². The standard InChI is InChI=1S/C12H17N3/c1-8(2)12-11-9(6-7-13)4-3-5-10(11)14-15-12/h3-5,8H,6-7,13H2,1-2H3,(H,14,15). The van der Waals surface area contributed by atoms with Gasteiger partial charge in [0.25, 0.3) is 0 Å². The zero-order valence-corrected chi connectivity index (χ0v) is 9.25. The van der Waals surface area contributed by atoms with E-state index in [0.29, 0.717) is 12.5 Å². The smallest absolute Gasteiger partial charge is 0.0926 e. The summed E-state index contributed by atoms with van der Waals surface area (Å²) in [5.41, 5.74) is 9.18. The second kappa shape index (κ2) is 4.03. The minimum atomic E-state index is 0.467. The Bertz CT molecular complexity index is 457. The summed E-state index contributed by atoms with van der Waals surface area (Å²) in [6.45, 7) is 5.03. The first kappa shape index (κ1) is 10.2. The molecule has 2 aromatic rings. The van der Waals surface area contributed by atoms with Crippen molar-refractivity contribution in [2.45, 2.75) is 26.2 Å². The Balaban J connectivity index is 2.63. The van der Waals surface area contributed by atoms with E-state index < -0.39 is 0 Å². The summed E-state index contributed by atoms with van der Waals surface area (Å²) < 4.78 is 0. The molecule has 0 aliphatic rings. The molecule has 1 aromatic carbocycles. The van der Waals surface area contributed by atoms with Crippen molar-refractivity contribution in [2.75, 3.05) is 6.54 Å². The maximum absolute atomic E-state index is 5.62. The van der Waals surface area contributed by atoms with Crippen molar-refractivity contribution in [3.8, 4) is 0 Å². The molecular formula is C12H17N3. The average molecular weight is 203 g/mol.